The molecule has 0 spiro atoms. The van der Waals surface area contributed by atoms with E-state index in [1.54, 1.807) is 37.4 Å². The minimum atomic E-state index is -3.29. The standard InChI is InChI=1S/C24H20ClN3O3S/c1-16(27-29)23-15-28(24(26-23)21-8-3-4-9-22(21)25)19-12-10-17(11-13-19)18-6-5-7-20(14-18)32(2,30)31/h3-15,29H,1-2H3/b27-16+. The molecule has 32 heavy (non-hydrogen) atoms. The molecule has 0 radical (unpaired) electrons. The quantitative estimate of drug-likeness (QED) is 0.241. The van der Waals surface area contributed by atoms with Gasteiger partial charge in [-0.05, 0) is 54.4 Å². The number of hydrogen-bond donors (Lipinski definition) is 1. The first-order chi connectivity index (χ1) is 15.3. The summed E-state index contributed by atoms with van der Waals surface area (Å²) in [5, 5.41) is 13.0. The molecule has 0 bridgehead atoms. The van der Waals surface area contributed by atoms with Gasteiger partial charge in [-0.1, -0.05) is 53.2 Å². The van der Waals surface area contributed by atoms with E-state index >= 15 is 0 Å². The molecule has 1 heterocycles. The Labute approximate surface area is 191 Å². The Bertz CT molecular complexity index is 1430. The van der Waals surface area contributed by atoms with Gasteiger partial charge in [-0.25, -0.2) is 13.4 Å². The average molecular weight is 466 g/mol. The zero-order valence-electron chi connectivity index (χ0n) is 17.4. The first-order valence-corrected chi connectivity index (χ1v) is 12.0. The van der Waals surface area contributed by atoms with Gasteiger partial charge in [0.2, 0.25) is 0 Å². The number of sulfone groups is 1. The normalized spacial score (nSPS) is 12.2. The molecule has 3 aromatic carbocycles. The highest BCUT2D eigenvalue weighted by Gasteiger charge is 2.16. The van der Waals surface area contributed by atoms with Gasteiger partial charge < -0.3 is 5.21 Å². The first kappa shape index (κ1) is 21.8. The highest BCUT2D eigenvalue weighted by Crippen LogP contribution is 2.30. The highest BCUT2D eigenvalue weighted by molar-refractivity contribution is 7.90. The zero-order chi connectivity index (χ0) is 22.9. The van der Waals surface area contributed by atoms with Gasteiger partial charge in [0.05, 0.1) is 9.92 Å². The monoisotopic (exact) mass is 465 g/mol. The summed E-state index contributed by atoms with van der Waals surface area (Å²) in [6, 6.07) is 21.9. The summed E-state index contributed by atoms with van der Waals surface area (Å²) in [5.74, 6) is 0.612. The minimum Gasteiger partial charge on any atom is -0.411 e. The van der Waals surface area contributed by atoms with Gasteiger partial charge in [-0.2, -0.15) is 0 Å². The van der Waals surface area contributed by atoms with E-state index in [0.717, 1.165) is 22.4 Å². The second kappa shape index (κ2) is 8.61. The molecule has 0 aliphatic rings. The molecule has 0 fully saturated rings. The number of hydrogen-bond acceptors (Lipinski definition) is 5. The molecule has 0 saturated heterocycles. The molecule has 0 aliphatic carbocycles. The number of rotatable bonds is 5. The summed E-state index contributed by atoms with van der Waals surface area (Å²) in [6.07, 6.45) is 2.98. The van der Waals surface area contributed by atoms with E-state index in [9.17, 15) is 13.6 Å². The lowest BCUT2D eigenvalue weighted by Crippen LogP contribution is -1.98. The van der Waals surface area contributed by atoms with Crippen LogP contribution in [0.5, 0.6) is 0 Å². The Morgan fingerprint density at radius 1 is 1.00 bits per heavy atom. The van der Waals surface area contributed by atoms with Crippen molar-refractivity contribution >= 4 is 27.1 Å². The third-order valence-electron chi connectivity index (χ3n) is 5.08. The maximum Gasteiger partial charge on any atom is 0.175 e. The van der Waals surface area contributed by atoms with E-state index in [1.807, 2.05) is 53.1 Å². The van der Waals surface area contributed by atoms with Gasteiger partial charge in [-0.3, -0.25) is 4.57 Å². The summed E-state index contributed by atoms with van der Waals surface area (Å²) in [5.41, 5.74) is 4.16. The summed E-state index contributed by atoms with van der Waals surface area (Å²) >= 11 is 6.42. The lowest BCUT2D eigenvalue weighted by Gasteiger charge is -2.10. The molecular formula is C24H20ClN3O3S. The molecule has 162 valence electrons. The lowest BCUT2D eigenvalue weighted by atomic mass is 10.1. The van der Waals surface area contributed by atoms with Crippen LogP contribution in [0.3, 0.4) is 0 Å². The molecule has 0 atom stereocenters. The summed E-state index contributed by atoms with van der Waals surface area (Å²) in [4.78, 5) is 4.90. The summed E-state index contributed by atoms with van der Waals surface area (Å²) < 4.78 is 25.7. The smallest absolute Gasteiger partial charge is 0.175 e. The van der Waals surface area contributed by atoms with Gasteiger partial charge in [0.25, 0.3) is 0 Å². The number of nitrogens with zero attached hydrogens (tertiary/aromatic N) is 3. The van der Waals surface area contributed by atoms with E-state index < -0.39 is 9.84 Å². The third-order valence-corrected chi connectivity index (χ3v) is 6.52. The van der Waals surface area contributed by atoms with Crippen molar-refractivity contribution in [3.8, 4) is 28.2 Å². The Balaban J connectivity index is 1.80. The average Bonchev–Trinajstić information content (AvgIpc) is 3.24. The van der Waals surface area contributed by atoms with E-state index in [2.05, 4.69) is 10.1 Å². The van der Waals surface area contributed by atoms with Crippen LogP contribution in [0.1, 0.15) is 12.6 Å². The fourth-order valence-electron chi connectivity index (χ4n) is 3.36. The second-order valence-corrected chi connectivity index (χ2v) is 9.75. The Hall–Kier alpha value is -3.42. The van der Waals surface area contributed by atoms with Crippen LogP contribution >= 0.6 is 11.6 Å². The van der Waals surface area contributed by atoms with E-state index in [-0.39, 0.29) is 4.90 Å². The van der Waals surface area contributed by atoms with Crippen LogP contribution in [0.4, 0.5) is 0 Å². The zero-order valence-corrected chi connectivity index (χ0v) is 19.0. The number of oxime groups is 1. The van der Waals surface area contributed by atoms with Crippen molar-refractivity contribution in [3.63, 3.8) is 0 Å². The fraction of sp³-hybridized carbons (Fsp3) is 0.0833. The van der Waals surface area contributed by atoms with Gasteiger partial charge >= 0.3 is 0 Å². The maximum absolute atomic E-state index is 11.9. The van der Waals surface area contributed by atoms with Crippen molar-refractivity contribution in [3.05, 3.63) is 89.7 Å². The predicted molar refractivity (Wildman–Crippen MR) is 127 cm³/mol. The maximum atomic E-state index is 11.9. The van der Waals surface area contributed by atoms with E-state index in [1.165, 1.54) is 6.26 Å². The molecule has 0 saturated carbocycles. The van der Waals surface area contributed by atoms with Crippen LogP contribution in [0.15, 0.2) is 89.0 Å². The molecule has 1 aromatic heterocycles. The van der Waals surface area contributed by atoms with Gasteiger partial charge in [0.1, 0.15) is 17.2 Å². The van der Waals surface area contributed by atoms with Crippen LogP contribution in [0.2, 0.25) is 5.02 Å². The molecule has 6 nitrogen and oxygen atoms in total. The SMILES string of the molecule is C/C(=N\O)c1cn(-c2ccc(-c3cccc(S(C)(=O)=O)c3)cc2)c(-c2ccccc2Cl)n1. The number of benzene rings is 3. The van der Waals surface area contributed by atoms with Crippen molar-refractivity contribution < 1.29 is 13.6 Å². The third kappa shape index (κ3) is 4.30. The van der Waals surface area contributed by atoms with Crippen LogP contribution in [0.25, 0.3) is 28.2 Å². The largest absolute Gasteiger partial charge is 0.411 e. The molecule has 1 N–H and O–H groups in total. The molecular weight excluding hydrogens is 446 g/mol. The fourth-order valence-corrected chi connectivity index (χ4v) is 4.24. The Morgan fingerprint density at radius 2 is 1.72 bits per heavy atom. The Morgan fingerprint density at radius 3 is 2.38 bits per heavy atom. The topological polar surface area (TPSA) is 84.5 Å². The number of aromatic nitrogens is 2. The van der Waals surface area contributed by atoms with Crippen LogP contribution in [-0.2, 0) is 9.84 Å². The molecule has 8 heteroatoms. The predicted octanol–water partition coefficient (Wildman–Crippen LogP) is 5.46. The lowest BCUT2D eigenvalue weighted by molar-refractivity contribution is 0.319. The van der Waals surface area contributed by atoms with Gasteiger partial charge in [-0.15, -0.1) is 0 Å². The second-order valence-electron chi connectivity index (χ2n) is 7.33. The highest BCUT2D eigenvalue weighted by atomic mass is 35.5. The molecule has 4 aromatic rings. The van der Waals surface area contributed by atoms with Crippen LogP contribution < -0.4 is 0 Å². The minimum absolute atomic E-state index is 0.276. The van der Waals surface area contributed by atoms with Crippen LogP contribution in [0, 0.1) is 0 Å². The first-order valence-electron chi connectivity index (χ1n) is 9.72. The molecule has 0 amide bonds. The van der Waals surface area contributed by atoms with E-state index in [4.69, 9.17) is 11.6 Å². The molecule has 0 aliphatic heterocycles. The van der Waals surface area contributed by atoms with Gasteiger partial charge in [0.15, 0.2) is 9.84 Å². The number of imidazole rings is 1. The number of halogens is 1. The molecule has 0 unspecified atom stereocenters. The van der Waals surface area contributed by atoms with Crippen molar-refractivity contribution in [1.82, 2.24) is 9.55 Å². The van der Waals surface area contributed by atoms with Crippen molar-refractivity contribution in [1.29, 1.82) is 0 Å². The Kier molecular flexibility index (Phi) is 5.86. The van der Waals surface area contributed by atoms with Crippen LogP contribution in [-0.4, -0.2) is 35.1 Å². The summed E-state index contributed by atoms with van der Waals surface area (Å²) in [6.45, 7) is 1.67. The van der Waals surface area contributed by atoms with Crippen molar-refractivity contribution in [2.75, 3.05) is 6.26 Å². The van der Waals surface area contributed by atoms with Crippen molar-refractivity contribution in [2.45, 2.75) is 11.8 Å². The van der Waals surface area contributed by atoms with Gasteiger partial charge in [0, 0.05) is 23.7 Å². The molecule has 4 rings (SSSR count). The van der Waals surface area contributed by atoms with Crippen molar-refractivity contribution in [2.24, 2.45) is 5.16 Å². The summed E-state index contributed by atoms with van der Waals surface area (Å²) in [7, 11) is -3.29. The van der Waals surface area contributed by atoms with E-state index in [0.29, 0.717) is 22.3 Å².